The molecule has 0 unspecified atom stereocenters. The van der Waals surface area contributed by atoms with Gasteiger partial charge in [0.05, 0.1) is 19.3 Å². The van der Waals surface area contributed by atoms with Crippen molar-refractivity contribution in [1.29, 1.82) is 0 Å². The molecule has 0 aromatic carbocycles. The third-order valence-corrected chi connectivity index (χ3v) is 5.47. The highest BCUT2D eigenvalue weighted by Crippen LogP contribution is 2.21. The normalized spacial score (nSPS) is 21.7. The quantitative estimate of drug-likeness (QED) is 0.867. The van der Waals surface area contributed by atoms with Gasteiger partial charge in [-0.2, -0.15) is 0 Å². The van der Waals surface area contributed by atoms with Crippen molar-refractivity contribution in [3.63, 3.8) is 0 Å². The first-order valence-corrected chi connectivity index (χ1v) is 8.93. The maximum absolute atomic E-state index is 12.5. The lowest BCUT2D eigenvalue weighted by atomic mass is 9.96. The number of hydrogen-bond acceptors (Lipinski definition) is 5. The molecule has 0 radical (unpaired) electrons. The second-order valence-corrected chi connectivity index (χ2v) is 7.48. The van der Waals surface area contributed by atoms with Crippen LogP contribution in [0, 0.1) is 12.8 Å². The van der Waals surface area contributed by atoms with Crippen LogP contribution in [0.25, 0.3) is 0 Å². The number of imidazole rings is 1. The first-order chi connectivity index (χ1) is 11.0. The van der Waals surface area contributed by atoms with E-state index in [1.807, 2.05) is 12.1 Å². The summed E-state index contributed by atoms with van der Waals surface area (Å²) in [5, 5.41) is 0.0482. The lowest BCUT2D eigenvalue weighted by Gasteiger charge is -2.18. The summed E-state index contributed by atoms with van der Waals surface area (Å²) in [5.74, 6) is 0.748. The van der Waals surface area contributed by atoms with E-state index in [4.69, 9.17) is 4.74 Å². The highest BCUT2D eigenvalue weighted by atomic mass is 32.2. The van der Waals surface area contributed by atoms with Crippen molar-refractivity contribution >= 4 is 10.0 Å². The van der Waals surface area contributed by atoms with Crippen molar-refractivity contribution in [3.05, 3.63) is 42.1 Å². The van der Waals surface area contributed by atoms with Gasteiger partial charge in [-0.15, -0.1) is 0 Å². The maximum atomic E-state index is 12.5. The summed E-state index contributed by atoms with van der Waals surface area (Å²) < 4.78 is 34.9. The molecule has 8 heteroatoms. The summed E-state index contributed by atoms with van der Waals surface area (Å²) in [6.07, 6.45) is 5.74. The Labute approximate surface area is 135 Å². The Morgan fingerprint density at radius 2 is 2.09 bits per heavy atom. The lowest BCUT2D eigenvalue weighted by molar-refractivity contribution is 0.183. The fraction of sp³-hybridized carbons (Fsp3) is 0.467. The second-order valence-electron chi connectivity index (χ2n) is 5.82. The monoisotopic (exact) mass is 336 g/mol. The zero-order chi connectivity index (χ0) is 16.4. The molecule has 1 saturated heterocycles. The van der Waals surface area contributed by atoms with Gasteiger partial charge in [0.15, 0.2) is 5.03 Å². The molecule has 124 valence electrons. The predicted molar refractivity (Wildman–Crippen MR) is 84.3 cm³/mol. The molecule has 3 rings (SSSR count). The van der Waals surface area contributed by atoms with Gasteiger partial charge in [-0.3, -0.25) is 4.98 Å². The minimum absolute atomic E-state index is 0.0482. The van der Waals surface area contributed by atoms with E-state index in [2.05, 4.69) is 14.7 Å². The molecule has 1 N–H and O–H groups in total. The summed E-state index contributed by atoms with van der Waals surface area (Å²) >= 11 is 0. The van der Waals surface area contributed by atoms with Crippen molar-refractivity contribution in [3.8, 4) is 0 Å². The van der Waals surface area contributed by atoms with Gasteiger partial charge < -0.3 is 9.30 Å². The van der Waals surface area contributed by atoms with Gasteiger partial charge in [0.2, 0.25) is 0 Å². The fourth-order valence-corrected chi connectivity index (χ4v) is 4.00. The first-order valence-electron chi connectivity index (χ1n) is 7.44. The molecule has 23 heavy (non-hydrogen) atoms. The van der Waals surface area contributed by atoms with Gasteiger partial charge in [0.1, 0.15) is 5.82 Å². The van der Waals surface area contributed by atoms with Crippen LogP contribution in [0.2, 0.25) is 0 Å². The van der Waals surface area contributed by atoms with Crippen LogP contribution in [0.4, 0.5) is 0 Å². The van der Waals surface area contributed by atoms with Gasteiger partial charge in [0.25, 0.3) is 10.0 Å². The standard InChI is InChI=1S/C15H20N4O3S/c1-11-17-15(8-19(11)2)23(20,21)18-14-10-22-9-13(14)7-12-3-5-16-6-4-12/h3-6,8,13-14,18H,7,9-10H2,1-2H3/t13-,14+/m1/s1. The lowest BCUT2D eigenvalue weighted by Crippen LogP contribution is -2.40. The van der Waals surface area contributed by atoms with E-state index in [1.54, 1.807) is 30.9 Å². The average molecular weight is 336 g/mol. The summed E-state index contributed by atoms with van der Waals surface area (Å²) in [5.41, 5.74) is 1.12. The van der Waals surface area contributed by atoms with Crippen LogP contribution in [-0.4, -0.2) is 42.2 Å². The minimum atomic E-state index is -3.64. The van der Waals surface area contributed by atoms with E-state index >= 15 is 0 Å². The highest BCUT2D eigenvalue weighted by molar-refractivity contribution is 7.89. The average Bonchev–Trinajstić information content (AvgIpc) is 3.08. The number of aryl methyl sites for hydroxylation is 2. The minimum Gasteiger partial charge on any atom is -0.379 e. The Hall–Kier alpha value is -1.77. The number of aromatic nitrogens is 3. The number of sulfonamides is 1. The van der Waals surface area contributed by atoms with E-state index in [1.165, 1.54) is 6.20 Å². The predicted octanol–water partition coefficient (Wildman–Crippen LogP) is 0.660. The number of rotatable bonds is 5. The van der Waals surface area contributed by atoms with E-state index < -0.39 is 10.0 Å². The van der Waals surface area contributed by atoms with Gasteiger partial charge in [-0.1, -0.05) is 0 Å². The van der Waals surface area contributed by atoms with Gasteiger partial charge in [0, 0.05) is 31.6 Å². The number of ether oxygens (including phenoxy) is 1. The Bertz CT molecular complexity index is 754. The van der Waals surface area contributed by atoms with E-state index in [-0.39, 0.29) is 17.0 Å². The van der Waals surface area contributed by atoms with E-state index in [9.17, 15) is 8.42 Å². The number of pyridine rings is 1. The molecule has 1 aliphatic rings. The smallest absolute Gasteiger partial charge is 0.259 e. The molecule has 3 heterocycles. The van der Waals surface area contributed by atoms with Crippen LogP contribution < -0.4 is 4.72 Å². The van der Waals surface area contributed by atoms with Crippen LogP contribution in [-0.2, 0) is 28.2 Å². The summed E-state index contributed by atoms with van der Waals surface area (Å²) in [4.78, 5) is 8.09. The van der Waals surface area contributed by atoms with Gasteiger partial charge >= 0.3 is 0 Å². The van der Waals surface area contributed by atoms with Crippen LogP contribution in [0.1, 0.15) is 11.4 Å². The van der Waals surface area contributed by atoms with Crippen molar-refractivity contribution < 1.29 is 13.2 Å². The van der Waals surface area contributed by atoms with E-state index in [0.717, 1.165) is 12.0 Å². The highest BCUT2D eigenvalue weighted by Gasteiger charge is 2.33. The second kappa shape index (κ2) is 6.38. The molecule has 0 spiro atoms. The summed E-state index contributed by atoms with van der Waals surface area (Å²) in [6.45, 7) is 2.68. The van der Waals surface area contributed by atoms with Crippen molar-refractivity contribution in [2.45, 2.75) is 24.4 Å². The molecule has 2 aromatic heterocycles. The van der Waals surface area contributed by atoms with Crippen molar-refractivity contribution in [2.24, 2.45) is 13.0 Å². The third-order valence-electron chi connectivity index (χ3n) is 4.11. The fourth-order valence-electron chi connectivity index (χ4n) is 2.67. The van der Waals surface area contributed by atoms with Crippen LogP contribution in [0.3, 0.4) is 0 Å². The zero-order valence-electron chi connectivity index (χ0n) is 13.1. The Morgan fingerprint density at radius 3 is 2.74 bits per heavy atom. The summed E-state index contributed by atoms with van der Waals surface area (Å²) in [7, 11) is -1.87. The number of hydrogen-bond donors (Lipinski definition) is 1. The number of nitrogens with zero attached hydrogens (tertiary/aromatic N) is 3. The molecule has 7 nitrogen and oxygen atoms in total. The van der Waals surface area contributed by atoms with Crippen LogP contribution >= 0.6 is 0 Å². The molecular weight excluding hydrogens is 316 g/mol. The Morgan fingerprint density at radius 1 is 1.35 bits per heavy atom. The van der Waals surface area contributed by atoms with Gasteiger partial charge in [-0.05, 0) is 31.0 Å². The molecule has 0 saturated carbocycles. The summed E-state index contributed by atoms with van der Waals surface area (Å²) in [6, 6.07) is 3.62. The molecule has 0 amide bonds. The largest absolute Gasteiger partial charge is 0.379 e. The zero-order valence-corrected chi connectivity index (χ0v) is 14.0. The van der Waals surface area contributed by atoms with Gasteiger partial charge in [-0.25, -0.2) is 18.1 Å². The Kier molecular flexibility index (Phi) is 4.47. The van der Waals surface area contributed by atoms with Crippen LogP contribution in [0.15, 0.2) is 35.7 Å². The van der Waals surface area contributed by atoms with Crippen molar-refractivity contribution in [2.75, 3.05) is 13.2 Å². The van der Waals surface area contributed by atoms with Crippen molar-refractivity contribution in [1.82, 2.24) is 19.3 Å². The molecule has 1 fully saturated rings. The SMILES string of the molecule is Cc1nc(S(=O)(=O)N[C@H]2COC[C@H]2Cc2ccncc2)cn1C. The van der Waals surface area contributed by atoms with E-state index in [0.29, 0.717) is 19.0 Å². The maximum Gasteiger partial charge on any atom is 0.259 e. The molecule has 1 aliphatic heterocycles. The first kappa shape index (κ1) is 16.1. The number of nitrogens with one attached hydrogen (secondary N) is 1. The third kappa shape index (κ3) is 3.60. The molecule has 2 atom stereocenters. The molecule has 2 aromatic rings. The topological polar surface area (TPSA) is 86.1 Å². The van der Waals surface area contributed by atoms with Crippen LogP contribution in [0.5, 0.6) is 0 Å². The Balaban J connectivity index is 1.73. The molecular formula is C15H20N4O3S. The molecule has 0 bridgehead atoms. The molecule has 0 aliphatic carbocycles.